The molecular formula is C18H38. The molecule has 0 aromatic carbocycles. The fourth-order valence-corrected chi connectivity index (χ4v) is 2.63. The minimum Gasteiger partial charge on any atom is -0.0654 e. The Labute approximate surface area is 117 Å². The molecule has 0 radical (unpaired) electrons. The Morgan fingerprint density at radius 2 is 0.833 bits per heavy atom. The molecule has 0 bridgehead atoms. The van der Waals surface area contributed by atoms with Gasteiger partial charge in [0.2, 0.25) is 0 Å². The second kappa shape index (κ2) is 13.4. The van der Waals surface area contributed by atoms with Crippen molar-refractivity contribution in [2.45, 2.75) is 105 Å². The van der Waals surface area contributed by atoms with Crippen molar-refractivity contribution < 1.29 is 0 Å². The lowest BCUT2D eigenvalue weighted by atomic mass is 9.84. The summed E-state index contributed by atoms with van der Waals surface area (Å²) >= 11 is 0. The lowest BCUT2D eigenvalue weighted by molar-refractivity contribution is 0.308. The molecule has 0 unspecified atom stereocenters. The van der Waals surface area contributed by atoms with Crippen LogP contribution >= 0.6 is 0 Å². The van der Waals surface area contributed by atoms with Crippen molar-refractivity contribution in [1.82, 2.24) is 0 Å². The molecule has 1 saturated carbocycles. The first-order chi connectivity index (χ1) is 8.70. The van der Waals surface area contributed by atoms with E-state index in [2.05, 4.69) is 27.7 Å². The zero-order valence-corrected chi connectivity index (χ0v) is 13.6. The molecule has 1 aliphatic carbocycles. The molecule has 0 aromatic rings. The topological polar surface area (TPSA) is 0 Å². The van der Waals surface area contributed by atoms with Gasteiger partial charge < -0.3 is 0 Å². The lowest BCUT2D eigenvalue weighted by Gasteiger charge is -2.22. The van der Waals surface area contributed by atoms with E-state index in [0.29, 0.717) is 0 Å². The molecule has 0 aliphatic heterocycles. The third-order valence-corrected chi connectivity index (χ3v) is 4.26. The third kappa shape index (κ3) is 12.5. The minimum absolute atomic E-state index is 1.02. The van der Waals surface area contributed by atoms with E-state index in [9.17, 15) is 0 Å². The highest BCUT2D eigenvalue weighted by Crippen LogP contribution is 2.27. The number of hydrogen-bond acceptors (Lipinski definition) is 0. The summed E-state index contributed by atoms with van der Waals surface area (Å²) in [6, 6.07) is 0. The highest BCUT2D eigenvalue weighted by atomic mass is 14.2. The van der Waals surface area contributed by atoms with Crippen LogP contribution in [0.5, 0.6) is 0 Å². The minimum atomic E-state index is 1.02. The zero-order chi connectivity index (χ0) is 13.6. The average Bonchev–Trinajstić information content (AvgIpc) is 2.38. The Bertz CT molecular complexity index is 124. The van der Waals surface area contributed by atoms with Crippen molar-refractivity contribution in [3.8, 4) is 0 Å². The van der Waals surface area contributed by atoms with Gasteiger partial charge in [-0.15, -0.1) is 0 Å². The molecule has 0 saturated heterocycles. The summed E-state index contributed by atoms with van der Waals surface area (Å²) in [6.07, 6.45) is 17.4. The summed E-state index contributed by atoms with van der Waals surface area (Å²) in [5, 5.41) is 0. The highest BCUT2D eigenvalue weighted by Gasteiger charge is 2.13. The van der Waals surface area contributed by atoms with E-state index in [1.54, 1.807) is 0 Å². The van der Waals surface area contributed by atoms with Crippen LogP contribution in [0.2, 0.25) is 0 Å². The average molecular weight is 255 g/mol. The fourth-order valence-electron chi connectivity index (χ4n) is 2.63. The predicted molar refractivity (Wildman–Crippen MR) is 85.1 cm³/mol. The first-order valence-electron chi connectivity index (χ1n) is 8.70. The van der Waals surface area contributed by atoms with Gasteiger partial charge in [0, 0.05) is 0 Å². The van der Waals surface area contributed by atoms with E-state index >= 15 is 0 Å². The quantitative estimate of drug-likeness (QED) is 0.430. The summed E-state index contributed by atoms with van der Waals surface area (Å²) in [6.45, 7) is 9.27. The lowest BCUT2D eigenvalue weighted by Crippen LogP contribution is -2.08. The maximum absolute atomic E-state index is 2.37. The molecule has 0 heteroatoms. The molecule has 1 aliphatic rings. The Morgan fingerprint density at radius 3 is 1.11 bits per heavy atom. The van der Waals surface area contributed by atoms with Crippen molar-refractivity contribution in [2.75, 3.05) is 0 Å². The molecule has 110 valence electrons. The maximum atomic E-state index is 2.37. The summed E-state index contributed by atoms with van der Waals surface area (Å²) < 4.78 is 0. The van der Waals surface area contributed by atoms with Crippen LogP contribution in [0.3, 0.4) is 0 Å². The molecule has 0 spiro atoms. The van der Waals surface area contributed by atoms with E-state index < -0.39 is 0 Å². The van der Waals surface area contributed by atoms with Crippen LogP contribution in [0.15, 0.2) is 0 Å². The summed E-state index contributed by atoms with van der Waals surface area (Å²) in [4.78, 5) is 0. The van der Waals surface area contributed by atoms with Gasteiger partial charge in [0.05, 0.1) is 0 Å². The van der Waals surface area contributed by atoms with Crippen molar-refractivity contribution >= 4 is 0 Å². The van der Waals surface area contributed by atoms with Gasteiger partial charge in [-0.2, -0.15) is 0 Å². The van der Waals surface area contributed by atoms with Crippen LogP contribution in [-0.4, -0.2) is 0 Å². The predicted octanol–water partition coefficient (Wildman–Crippen LogP) is 6.98. The Kier molecular flexibility index (Phi) is 13.4. The molecule has 1 rings (SSSR count). The highest BCUT2D eigenvalue weighted by molar-refractivity contribution is 4.65. The number of rotatable bonds is 7. The van der Waals surface area contributed by atoms with Crippen LogP contribution in [-0.2, 0) is 0 Å². The van der Waals surface area contributed by atoms with Crippen LogP contribution in [0.1, 0.15) is 105 Å². The largest absolute Gasteiger partial charge is 0.0654 e. The van der Waals surface area contributed by atoms with Gasteiger partial charge in [-0.1, -0.05) is 105 Å². The SMILES string of the molecule is CC1CCC(C)CC1.CCCCCCCCCC. The second-order valence-electron chi connectivity index (χ2n) is 6.49. The Hall–Kier alpha value is 0. The van der Waals surface area contributed by atoms with E-state index in [1.807, 2.05) is 0 Å². The van der Waals surface area contributed by atoms with Gasteiger partial charge in [0.25, 0.3) is 0 Å². The van der Waals surface area contributed by atoms with E-state index in [-0.39, 0.29) is 0 Å². The van der Waals surface area contributed by atoms with Crippen molar-refractivity contribution in [2.24, 2.45) is 11.8 Å². The summed E-state index contributed by atoms with van der Waals surface area (Å²) in [5.74, 6) is 2.04. The molecule has 0 heterocycles. The summed E-state index contributed by atoms with van der Waals surface area (Å²) in [5.41, 5.74) is 0. The molecule has 0 atom stereocenters. The third-order valence-electron chi connectivity index (χ3n) is 4.26. The van der Waals surface area contributed by atoms with E-state index in [0.717, 1.165) is 11.8 Å². The number of unbranched alkanes of at least 4 members (excludes halogenated alkanes) is 7. The van der Waals surface area contributed by atoms with Gasteiger partial charge in [0.15, 0.2) is 0 Å². The monoisotopic (exact) mass is 254 g/mol. The zero-order valence-electron chi connectivity index (χ0n) is 13.6. The Morgan fingerprint density at radius 1 is 0.556 bits per heavy atom. The van der Waals surface area contributed by atoms with Gasteiger partial charge in [-0.25, -0.2) is 0 Å². The van der Waals surface area contributed by atoms with Gasteiger partial charge in [-0.05, 0) is 11.8 Å². The van der Waals surface area contributed by atoms with Gasteiger partial charge in [0.1, 0.15) is 0 Å². The van der Waals surface area contributed by atoms with Crippen LogP contribution in [0.4, 0.5) is 0 Å². The van der Waals surface area contributed by atoms with Crippen molar-refractivity contribution in [3.63, 3.8) is 0 Å². The molecule has 0 aromatic heterocycles. The first-order valence-corrected chi connectivity index (χ1v) is 8.70. The normalized spacial score (nSPS) is 23.3. The van der Waals surface area contributed by atoms with Gasteiger partial charge in [-0.3, -0.25) is 0 Å². The fraction of sp³-hybridized carbons (Fsp3) is 1.00. The molecule has 0 nitrogen and oxygen atoms in total. The van der Waals surface area contributed by atoms with Crippen molar-refractivity contribution in [1.29, 1.82) is 0 Å². The van der Waals surface area contributed by atoms with E-state index in [1.165, 1.54) is 77.0 Å². The Balaban J connectivity index is 0.000000327. The maximum Gasteiger partial charge on any atom is -0.0443 e. The standard InChI is InChI=1S/C10H22.C8H16/c1-3-5-7-9-10-8-6-4-2;1-7-3-5-8(2)6-4-7/h3-10H2,1-2H3;7-8H,3-6H2,1-2H3. The van der Waals surface area contributed by atoms with Gasteiger partial charge >= 0.3 is 0 Å². The van der Waals surface area contributed by atoms with Crippen LogP contribution in [0.25, 0.3) is 0 Å². The molecule has 0 amide bonds. The van der Waals surface area contributed by atoms with Crippen molar-refractivity contribution in [3.05, 3.63) is 0 Å². The number of hydrogen-bond donors (Lipinski definition) is 0. The molecular weight excluding hydrogens is 216 g/mol. The summed E-state index contributed by atoms with van der Waals surface area (Å²) in [7, 11) is 0. The van der Waals surface area contributed by atoms with E-state index in [4.69, 9.17) is 0 Å². The molecule has 18 heavy (non-hydrogen) atoms. The first kappa shape index (κ1) is 18.0. The smallest absolute Gasteiger partial charge is 0.0443 e. The van der Waals surface area contributed by atoms with Crippen LogP contribution in [0, 0.1) is 11.8 Å². The molecule has 0 N–H and O–H groups in total. The van der Waals surface area contributed by atoms with Crippen LogP contribution < -0.4 is 0 Å². The molecule has 1 fully saturated rings. The second-order valence-corrected chi connectivity index (χ2v) is 6.49.